The molecule has 0 aliphatic carbocycles. The minimum Gasteiger partial charge on any atom is -0.465 e. The van der Waals surface area contributed by atoms with Crippen LogP contribution < -0.4 is 0 Å². The molecule has 0 saturated carbocycles. The van der Waals surface area contributed by atoms with Gasteiger partial charge in [0.2, 0.25) is 0 Å². The number of rotatable bonds is 8. The van der Waals surface area contributed by atoms with Gasteiger partial charge in [0.1, 0.15) is 5.69 Å². The maximum absolute atomic E-state index is 13.5. The second-order valence-corrected chi connectivity index (χ2v) is 9.89. The highest BCUT2D eigenvalue weighted by Crippen LogP contribution is 2.37. The molecule has 206 valence electrons. The van der Waals surface area contributed by atoms with Gasteiger partial charge < -0.3 is 14.0 Å². The SMILES string of the molecule is CCOC(=O)c1c(-c2ccc(C(C)=O)cc2)c2ccccc2n1Cc1cc(-c2ccc(C(=O)OC)cc2)ccc1C. The van der Waals surface area contributed by atoms with Crippen molar-refractivity contribution in [1.82, 2.24) is 4.57 Å². The van der Waals surface area contributed by atoms with Gasteiger partial charge in [-0.05, 0) is 72.9 Å². The van der Waals surface area contributed by atoms with E-state index in [0.717, 1.165) is 44.3 Å². The Balaban J connectivity index is 1.64. The Labute approximate surface area is 239 Å². The number of para-hydroxylation sites is 1. The number of aryl methyl sites for hydroxylation is 1. The van der Waals surface area contributed by atoms with E-state index in [1.807, 2.05) is 59.2 Å². The smallest absolute Gasteiger partial charge is 0.355 e. The molecule has 1 heterocycles. The van der Waals surface area contributed by atoms with Crippen LogP contribution in [-0.4, -0.2) is 36.0 Å². The third kappa shape index (κ3) is 5.41. The molecule has 0 unspecified atom stereocenters. The lowest BCUT2D eigenvalue weighted by Gasteiger charge is -2.15. The van der Waals surface area contributed by atoms with Crippen molar-refractivity contribution in [3.63, 3.8) is 0 Å². The summed E-state index contributed by atoms with van der Waals surface area (Å²) in [5.74, 6) is -0.791. The Kier molecular flexibility index (Phi) is 7.83. The summed E-state index contributed by atoms with van der Waals surface area (Å²) in [6, 6.07) is 28.8. The lowest BCUT2D eigenvalue weighted by molar-refractivity contribution is 0.0515. The van der Waals surface area contributed by atoms with Crippen LogP contribution >= 0.6 is 0 Å². The third-order valence-electron chi connectivity index (χ3n) is 7.34. The lowest BCUT2D eigenvalue weighted by Crippen LogP contribution is -2.14. The number of ether oxygens (including phenoxy) is 2. The molecule has 0 radical (unpaired) electrons. The number of hydrogen-bond donors (Lipinski definition) is 0. The molecule has 0 amide bonds. The van der Waals surface area contributed by atoms with Crippen LogP contribution in [0.4, 0.5) is 0 Å². The van der Waals surface area contributed by atoms with Crippen LogP contribution in [0.3, 0.4) is 0 Å². The summed E-state index contributed by atoms with van der Waals surface area (Å²) in [7, 11) is 1.37. The van der Waals surface area contributed by atoms with E-state index in [1.54, 1.807) is 31.2 Å². The monoisotopic (exact) mass is 545 g/mol. The molecule has 4 aromatic carbocycles. The highest BCUT2D eigenvalue weighted by Gasteiger charge is 2.25. The summed E-state index contributed by atoms with van der Waals surface area (Å²) >= 11 is 0. The third-order valence-corrected chi connectivity index (χ3v) is 7.34. The predicted octanol–water partition coefficient (Wildman–Crippen LogP) is 7.50. The highest BCUT2D eigenvalue weighted by molar-refractivity contribution is 6.09. The number of carbonyl (C=O) groups is 3. The molecule has 6 nitrogen and oxygen atoms in total. The first kappa shape index (κ1) is 27.6. The largest absolute Gasteiger partial charge is 0.465 e. The molecular weight excluding hydrogens is 514 g/mol. The molecule has 5 rings (SSSR count). The standard InChI is InChI=1S/C35H31NO5/c1-5-41-35(39)33-32(26-16-12-24(13-17-26)23(3)37)30-8-6-7-9-31(30)36(33)21-29-20-28(11-10-22(29)2)25-14-18-27(19-15-25)34(38)40-4/h6-20H,5,21H2,1-4H3. The van der Waals surface area contributed by atoms with Crippen molar-refractivity contribution in [2.24, 2.45) is 0 Å². The molecule has 0 aliphatic rings. The van der Waals surface area contributed by atoms with Crippen molar-refractivity contribution in [1.29, 1.82) is 0 Å². The summed E-state index contributed by atoms with van der Waals surface area (Å²) in [6.45, 7) is 6.08. The van der Waals surface area contributed by atoms with Crippen LogP contribution in [0, 0.1) is 6.92 Å². The van der Waals surface area contributed by atoms with Crippen molar-refractivity contribution in [3.05, 3.63) is 119 Å². The Morgan fingerprint density at radius 2 is 1.39 bits per heavy atom. The number of methoxy groups -OCH3 is 1. The quantitative estimate of drug-likeness (QED) is 0.149. The minimum atomic E-state index is -0.401. The first-order valence-corrected chi connectivity index (χ1v) is 13.5. The Morgan fingerprint density at radius 3 is 2.05 bits per heavy atom. The molecule has 0 fully saturated rings. The zero-order chi connectivity index (χ0) is 29.1. The molecular formula is C35H31NO5. The number of hydrogen-bond acceptors (Lipinski definition) is 5. The normalized spacial score (nSPS) is 10.9. The average Bonchev–Trinajstić information content (AvgIpc) is 3.32. The van der Waals surface area contributed by atoms with Gasteiger partial charge >= 0.3 is 11.9 Å². The van der Waals surface area contributed by atoms with Gasteiger partial charge in [-0.2, -0.15) is 0 Å². The average molecular weight is 546 g/mol. The van der Waals surface area contributed by atoms with Gasteiger partial charge in [0, 0.05) is 28.6 Å². The van der Waals surface area contributed by atoms with E-state index in [0.29, 0.717) is 23.4 Å². The number of nitrogens with zero attached hydrogens (tertiary/aromatic N) is 1. The summed E-state index contributed by atoms with van der Waals surface area (Å²) in [5, 5.41) is 0.929. The molecule has 0 bridgehead atoms. The second-order valence-electron chi connectivity index (χ2n) is 9.89. The maximum Gasteiger partial charge on any atom is 0.355 e. The Hall–Kier alpha value is -4.97. The van der Waals surface area contributed by atoms with Gasteiger partial charge in [-0.25, -0.2) is 9.59 Å². The number of esters is 2. The highest BCUT2D eigenvalue weighted by atomic mass is 16.5. The van der Waals surface area contributed by atoms with E-state index in [4.69, 9.17) is 9.47 Å². The molecule has 0 N–H and O–H groups in total. The first-order chi connectivity index (χ1) is 19.8. The molecule has 5 aromatic rings. The van der Waals surface area contributed by atoms with Gasteiger partial charge in [0.25, 0.3) is 0 Å². The summed E-state index contributed by atoms with van der Waals surface area (Å²) in [6.07, 6.45) is 0. The summed E-state index contributed by atoms with van der Waals surface area (Å²) in [4.78, 5) is 37.3. The predicted molar refractivity (Wildman–Crippen MR) is 160 cm³/mol. The molecule has 6 heteroatoms. The van der Waals surface area contributed by atoms with E-state index in [2.05, 4.69) is 19.1 Å². The molecule has 0 saturated heterocycles. The van der Waals surface area contributed by atoms with Crippen molar-refractivity contribution in [2.75, 3.05) is 13.7 Å². The minimum absolute atomic E-state index is 0.0140. The molecule has 41 heavy (non-hydrogen) atoms. The van der Waals surface area contributed by atoms with E-state index >= 15 is 0 Å². The molecule has 0 atom stereocenters. The van der Waals surface area contributed by atoms with Crippen LogP contribution in [0.25, 0.3) is 33.2 Å². The first-order valence-electron chi connectivity index (χ1n) is 13.5. The van der Waals surface area contributed by atoms with E-state index in [1.165, 1.54) is 14.0 Å². The molecule has 0 spiro atoms. The number of aromatic nitrogens is 1. The van der Waals surface area contributed by atoms with Crippen LogP contribution in [0.1, 0.15) is 56.2 Å². The maximum atomic E-state index is 13.5. The Morgan fingerprint density at radius 1 is 0.756 bits per heavy atom. The second kappa shape index (κ2) is 11.6. The summed E-state index contributed by atoms with van der Waals surface area (Å²) in [5.41, 5.74) is 8.19. The van der Waals surface area contributed by atoms with Crippen LogP contribution in [0.5, 0.6) is 0 Å². The number of Topliss-reactive ketones (excluding diaryl/α,β-unsaturated/α-hetero) is 1. The molecule has 0 aliphatic heterocycles. The lowest BCUT2D eigenvalue weighted by atomic mass is 9.98. The van der Waals surface area contributed by atoms with Crippen LogP contribution in [0.15, 0.2) is 91.0 Å². The van der Waals surface area contributed by atoms with E-state index in [9.17, 15) is 14.4 Å². The Bertz CT molecular complexity index is 1760. The van der Waals surface area contributed by atoms with Gasteiger partial charge in [-0.15, -0.1) is 0 Å². The van der Waals surface area contributed by atoms with Gasteiger partial charge in [-0.1, -0.05) is 66.7 Å². The number of benzene rings is 4. The fourth-order valence-corrected chi connectivity index (χ4v) is 5.15. The number of ketones is 1. The number of carbonyl (C=O) groups excluding carboxylic acids is 3. The number of fused-ring (bicyclic) bond motifs is 1. The fourth-order valence-electron chi connectivity index (χ4n) is 5.15. The van der Waals surface area contributed by atoms with Crippen molar-refractivity contribution in [3.8, 4) is 22.3 Å². The van der Waals surface area contributed by atoms with Crippen molar-refractivity contribution in [2.45, 2.75) is 27.3 Å². The van der Waals surface area contributed by atoms with Crippen LogP contribution in [0.2, 0.25) is 0 Å². The van der Waals surface area contributed by atoms with Crippen molar-refractivity contribution >= 4 is 28.6 Å². The van der Waals surface area contributed by atoms with E-state index < -0.39 is 5.97 Å². The topological polar surface area (TPSA) is 74.6 Å². The van der Waals surface area contributed by atoms with Gasteiger partial charge in [0.05, 0.1) is 19.3 Å². The van der Waals surface area contributed by atoms with Gasteiger partial charge in [-0.3, -0.25) is 4.79 Å². The zero-order valence-corrected chi connectivity index (χ0v) is 23.6. The fraction of sp³-hybridized carbons (Fsp3) is 0.171. The zero-order valence-electron chi connectivity index (χ0n) is 23.6. The van der Waals surface area contributed by atoms with E-state index in [-0.39, 0.29) is 18.4 Å². The molecule has 1 aromatic heterocycles. The van der Waals surface area contributed by atoms with Gasteiger partial charge in [0.15, 0.2) is 5.78 Å². The van der Waals surface area contributed by atoms with Crippen molar-refractivity contribution < 1.29 is 23.9 Å². The van der Waals surface area contributed by atoms with Crippen LogP contribution in [-0.2, 0) is 16.0 Å². The summed E-state index contributed by atoms with van der Waals surface area (Å²) < 4.78 is 12.4.